The smallest absolute Gasteiger partial charge is 0.137 e. The van der Waals surface area contributed by atoms with Crippen LogP contribution >= 0.6 is 0 Å². The van der Waals surface area contributed by atoms with E-state index in [1.807, 2.05) is 0 Å². The third kappa shape index (κ3) is 1.86. The van der Waals surface area contributed by atoms with E-state index in [1.54, 1.807) is 0 Å². The van der Waals surface area contributed by atoms with E-state index in [1.165, 1.54) is 57.8 Å². The zero-order chi connectivity index (χ0) is 15.5. The molecule has 0 aromatic rings. The highest BCUT2D eigenvalue weighted by atomic mass is 16.1. The summed E-state index contributed by atoms with van der Waals surface area (Å²) in [6.45, 7) is 7.32. The van der Waals surface area contributed by atoms with E-state index in [9.17, 15) is 4.79 Å². The molecule has 0 aromatic carbocycles. The molecule has 1 heteroatoms. The zero-order valence-corrected chi connectivity index (χ0v) is 14.9. The number of Topliss-reactive ketones (excluding diaryl/α,β-unsaturated/α-hetero) is 1. The van der Waals surface area contributed by atoms with Gasteiger partial charge >= 0.3 is 0 Å². The van der Waals surface area contributed by atoms with Gasteiger partial charge in [0, 0.05) is 12.3 Å². The number of rotatable bonds is 1. The Morgan fingerprint density at radius 1 is 1.00 bits per heavy atom. The van der Waals surface area contributed by atoms with Gasteiger partial charge in [-0.25, -0.2) is 0 Å². The van der Waals surface area contributed by atoms with Crippen LogP contribution in [-0.4, -0.2) is 5.78 Å². The molecular formula is C21H34O. The van der Waals surface area contributed by atoms with Gasteiger partial charge in [0.1, 0.15) is 5.78 Å². The summed E-state index contributed by atoms with van der Waals surface area (Å²) in [5.74, 6) is 4.30. The van der Waals surface area contributed by atoms with Gasteiger partial charge < -0.3 is 0 Å². The van der Waals surface area contributed by atoms with Crippen molar-refractivity contribution in [3.05, 3.63) is 0 Å². The van der Waals surface area contributed by atoms with Crippen LogP contribution in [-0.2, 0) is 4.79 Å². The van der Waals surface area contributed by atoms with Gasteiger partial charge in [-0.15, -0.1) is 0 Å². The first-order valence-corrected chi connectivity index (χ1v) is 10.0. The quantitative estimate of drug-likeness (QED) is 0.614. The summed E-state index contributed by atoms with van der Waals surface area (Å²) in [5.41, 5.74) is 0.689. The van der Waals surface area contributed by atoms with Crippen molar-refractivity contribution in [2.24, 2.45) is 40.4 Å². The van der Waals surface area contributed by atoms with Crippen molar-refractivity contribution in [2.45, 2.75) is 85.0 Å². The molecule has 0 aliphatic heterocycles. The number of ketones is 1. The number of carbonyl (C=O) groups excluding carboxylic acids is 1. The minimum Gasteiger partial charge on any atom is -0.299 e. The number of hydrogen-bond acceptors (Lipinski definition) is 1. The van der Waals surface area contributed by atoms with Gasteiger partial charge in [0.05, 0.1) is 0 Å². The Morgan fingerprint density at radius 2 is 1.82 bits per heavy atom. The first-order chi connectivity index (χ1) is 10.5. The Kier molecular flexibility index (Phi) is 3.51. The lowest BCUT2D eigenvalue weighted by atomic mass is 9.44. The van der Waals surface area contributed by atoms with Gasteiger partial charge in [-0.3, -0.25) is 4.79 Å². The van der Waals surface area contributed by atoms with Crippen LogP contribution in [0.1, 0.15) is 85.0 Å². The monoisotopic (exact) mass is 302 g/mol. The molecule has 4 fully saturated rings. The molecule has 0 bridgehead atoms. The van der Waals surface area contributed by atoms with E-state index >= 15 is 0 Å². The van der Waals surface area contributed by atoms with Crippen LogP contribution in [0.15, 0.2) is 0 Å². The maximum absolute atomic E-state index is 13.3. The van der Waals surface area contributed by atoms with Crippen molar-refractivity contribution in [2.75, 3.05) is 0 Å². The molecule has 4 aliphatic carbocycles. The molecule has 0 heterocycles. The summed E-state index contributed by atoms with van der Waals surface area (Å²) >= 11 is 0. The second-order valence-electron chi connectivity index (χ2n) is 9.61. The number of hydrogen-bond donors (Lipinski definition) is 0. The molecule has 1 nitrogen and oxygen atoms in total. The van der Waals surface area contributed by atoms with Crippen molar-refractivity contribution in [1.82, 2.24) is 0 Å². The maximum Gasteiger partial charge on any atom is 0.137 e. The summed E-state index contributed by atoms with van der Waals surface area (Å²) < 4.78 is 0. The maximum atomic E-state index is 13.3. The van der Waals surface area contributed by atoms with E-state index in [0.29, 0.717) is 22.5 Å². The first-order valence-electron chi connectivity index (χ1n) is 10.0. The molecule has 0 radical (unpaired) electrons. The largest absolute Gasteiger partial charge is 0.299 e. The summed E-state index contributed by atoms with van der Waals surface area (Å²) in [6, 6.07) is 0. The Labute approximate surface area is 136 Å². The second-order valence-corrected chi connectivity index (χ2v) is 9.61. The predicted octanol–water partition coefficient (Wildman–Crippen LogP) is 5.62. The molecule has 0 aromatic heterocycles. The molecule has 22 heavy (non-hydrogen) atoms. The molecule has 7 atom stereocenters. The van der Waals surface area contributed by atoms with Gasteiger partial charge in [-0.1, -0.05) is 40.0 Å². The Bertz CT molecular complexity index is 469. The van der Waals surface area contributed by atoms with Crippen LogP contribution in [0.5, 0.6) is 0 Å². The van der Waals surface area contributed by atoms with Crippen LogP contribution < -0.4 is 0 Å². The fourth-order valence-corrected chi connectivity index (χ4v) is 7.88. The van der Waals surface area contributed by atoms with Crippen molar-refractivity contribution < 1.29 is 4.79 Å². The van der Waals surface area contributed by atoms with E-state index in [4.69, 9.17) is 0 Å². The molecule has 4 aliphatic rings. The third-order valence-electron chi connectivity index (χ3n) is 8.96. The average Bonchev–Trinajstić information content (AvgIpc) is 2.82. The van der Waals surface area contributed by atoms with Gasteiger partial charge in [0.2, 0.25) is 0 Å². The molecule has 0 spiro atoms. The lowest BCUT2D eigenvalue weighted by Crippen LogP contribution is -2.56. The van der Waals surface area contributed by atoms with Crippen LogP contribution in [0.25, 0.3) is 0 Å². The van der Waals surface area contributed by atoms with E-state index < -0.39 is 0 Å². The highest BCUT2D eigenvalue weighted by molar-refractivity contribution is 5.84. The van der Waals surface area contributed by atoms with Crippen LogP contribution in [0.4, 0.5) is 0 Å². The summed E-state index contributed by atoms with van der Waals surface area (Å²) in [5, 5.41) is 0. The van der Waals surface area contributed by atoms with Crippen molar-refractivity contribution in [3.63, 3.8) is 0 Å². The fourth-order valence-electron chi connectivity index (χ4n) is 7.88. The lowest BCUT2D eigenvalue weighted by Gasteiger charge is -2.59. The third-order valence-corrected chi connectivity index (χ3v) is 8.96. The van der Waals surface area contributed by atoms with Gasteiger partial charge in [-0.2, -0.15) is 0 Å². The summed E-state index contributed by atoms with van der Waals surface area (Å²) in [4.78, 5) is 13.3. The van der Waals surface area contributed by atoms with E-state index in [-0.39, 0.29) is 0 Å². The predicted molar refractivity (Wildman–Crippen MR) is 90.5 cm³/mol. The van der Waals surface area contributed by atoms with Crippen molar-refractivity contribution in [1.29, 1.82) is 0 Å². The van der Waals surface area contributed by atoms with Gasteiger partial charge in [0.15, 0.2) is 0 Å². The Hall–Kier alpha value is -0.330. The minimum atomic E-state index is 0.338. The lowest BCUT2D eigenvalue weighted by molar-refractivity contribution is -0.157. The van der Waals surface area contributed by atoms with Crippen LogP contribution in [0.3, 0.4) is 0 Å². The zero-order valence-electron chi connectivity index (χ0n) is 14.9. The molecule has 0 amide bonds. The van der Waals surface area contributed by atoms with Crippen LogP contribution in [0.2, 0.25) is 0 Å². The van der Waals surface area contributed by atoms with E-state index in [0.717, 1.165) is 30.1 Å². The molecule has 4 rings (SSSR count). The summed E-state index contributed by atoms with van der Waals surface area (Å²) in [6.07, 6.45) is 13.2. The van der Waals surface area contributed by atoms with Crippen LogP contribution in [0, 0.1) is 40.4 Å². The summed E-state index contributed by atoms with van der Waals surface area (Å²) in [7, 11) is 0. The number of fused-ring (bicyclic) bond motifs is 5. The first kappa shape index (κ1) is 15.2. The second kappa shape index (κ2) is 5.08. The minimum absolute atomic E-state index is 0.338. The Balaban J connectivity index is 1.69. The normalized spacial score (nSPS) is 54.5. The molecule has 0 unspecified atom stereocenters. The average molecular weight is 303 g/mol. The van der Waals surface area contributed by atoms with Gasteiger partial charge in [-0.05, 0) is 73.0 Å². The fraction of sp³-hybridized carbons (Fsp3) is 0.952. The van der Waals surface area contributed by atoms with E-state index in [2.05, 4.69) is 20.8 Å². The van der Waals surface area contributed by atoms with Gasteiger partial charge in [0.25, 0.3) is 0 Å². The molecule has 124 valence electrons. The standard InChI is InChI=1S/C21H34O/c1-4-14-9-11-17-16-10-8-15-7-5-6-12-20(15,2)19(16)18(22)13-21(14,17)3/h14-17,19H,4-13H2,1-3H3/t14-,15+,16-,17-,19+,20+,21+/m1/s1. The molecule has 0 saturated heterocycles. The highest BCUT2D eigenvalue weighted by Gasteiger charge is 2.62. The SMILES string of the molecule is CC[C@@H]1CC[C@@H]2[C@H]3CC[C@@H]4CCCC[C@]4(C)[C@@H]3C(=O)C[C@@]12C. The molecular weight excluding hydrogens is 268 g/mol. The van der Waals surface area contributed by atoms with Crippen molar-refractivity contribution in [3.8, 4) is 0 Å². The molecule has 0 N–H and O–H groups in total. The Morgan fingerprint density at radius 3 is 2.59 bits per heavy atom. The molecule has 4 saturated carbocycles. The number of carbonyl (C=O) groups is 1. The van der Waals surface area contributed by atoms with Crippen molar-refractivity contribution >= 4 is 5.78 Å². The topological polar surface area (TPSA) is 17.1 Å². The highest BCUT2D eigenvalue weighted by Crippen LogP contribution is 2.66.